The zero-order valence-corrected chi connectivity index (χ0v) is 19.1. The quantitative estimate of drug-likeness (QED) is 0.451. The van der Waals surface area contributed by atoms with Crippen LogP contribution in [-0.4, -0.2) is 22.1 Å². The molecule has 1 N–H and O–H groups in total. The molecule has 4 rings (SSSR count). The first kappa shape index (κ1) is 21.6. The van der Waals surface area contributed by atoms with E-state index in [4.69, 9.17) is 9.72 Å². The topological polar surface area (TPSA) is 56.2 Å². The summed E-state index contributed by atoms with van der Waals surface area (Å²) in [4.78, 5) is 17.3. The molecule has 5 heteroatoms. The van der Waals surface area contributed by atoms with E-state index in [1.54, 1.807) is 0 Å². The van der Waals surface area contributed by atoms with Crippen molar-refractivity contribution in [1.82, 2.24) is 14.9 Å². The van der Waals surface area contributed by atoms with Crippen LogP contribution < -0.4 is 10.1 Å². The molecule has 1 amide bonds. The van der Waals surface area contributed by atoms with E-state index in [1.807, 2.05) is 50.2 Å². The largest absolute Gasteiger partial charge is 0.483 e. The van der Waals surface area contributed by atoms with Gasteiger partial charge in [-0.3, -0.25) is 4.79 Å². The average molecular weight is 428 g/mol. The minimum absolute atomic E-state index is 0.0263. The van der Waals surface area contributed by atoms with Gasteiger partial charge in [-0.25, -0.2) is 4.98 Å². The number of hydrogen-bond acceptors (Lipinski definition) is 3. The predicted octanol–water partition coefficient (Wildman–Crippen LogP) is 5.01. The minimum atomic E-state index is -0.170. The number of nitrogens with zero attached hydrogens (tertiary/aromatic N) is 2. The maximum Gasteiger partial charge on any atom is 0.258 e. The van der Waals surface area contributed by atoms with Gasteiger partial charge in [0.25, 0.3) is 5.91 Å². The summed E-state index contributed by atoms with van der Waals surface area (Å²) >= 11 is 0. The molecule has 0 radical (unpaired) electrons. The van der Waals surface area contributed by atoms with Gasteiger partial charge in [0.15, 0.2) is 6.61 Å². The zero-order chi connectivity index (χ0) is 22.7. The Morgan fingerprint density at radius 2 is 1.66 bits per heavy atom. The number of amides is 1. The standard InChI is InChI=1S/C27H29N3O2/c1-18-9-11-20(3)22(13-18)16-30-24-8-6-5-7-23(24)29-26(30)15-28-27(31)17-32-25-14-19(2)10-12-21(25)4/h5-14H,15-17H2,1-4H3,(H,28,31). The Bertz CT molecular complexity index is 1270. The number of carbonyl (C=O) groups is 1. The third kappa shape index (κ3) is 4.83. The van der Waals surface area contributed by atoms with Gasteiger partial charge in [0.1, 0.15) is 11.6 Å². The van der Waals surface area contributed by atoms with Crippen LogP contribution in [0.15, 0.2) is 60.7 Å². The number of rotatable bonds is 7. The number of fused-ring (bicyclic) bond motifs is 1. The molecule has 0 atom stereocenters. The lowest BCUT2D eigenvalue weighted by Crippen LogP contribution is -2.29. The molecule has 0 spiro atoms. The van der Waals surface area contributed by atoms with Crippen molar-refractivity contribution < 1.29 is 9.53 Å². The molecule has 0 aliphatic rings. The lowest BCUT2D eigenvalue weighted by atomic mass is 10.1. The van der Waals surface area contributed by atoms with Crippen molar-refractivity contribution in [3.05, 3.63) is 94.3 Å². The second-order valence-electron chi connectivity index (χ2n) is 8.37. The second kappa shape index (κ2) is 9.27. The molecule has 1 aromatic heterocycles. The van der Waals surface area contributed by atoms with Crippen LogP contribution in [-0.2, 0) is 17.9 Å². The molecule has 0 saturated heterocycles. The van der Waals surface area contributed by atoms with Gasteiger partial charge in [0, 0.05) is 6.54 Å². The van der Waals surface area contributed by atoms with Crippen LogP contribution >= 0.6 is 0 Å². The molecule has 0 saturated carbocycles. The van der Waals surface area contributed by atoms with Crippen molar-refractivity contribution in [2.24, 2.45) is 0 Å². The first-order chi connectivity index (χ1) is 15.4. The summed E-state index contributed by atoms with van der Waals surface area (Å²) in [6, 6.07) is 20.5. The summed E-state index contributed by atoms with van der Waals surface area (Å²) in [5.74, 6) is 1.39. The second-order valence-corrected chi connectivity index (χ2v) is 8.37. The molecule has 0 aliphatic heterocycles. The van der Waals surface area contributed by atoms with E-state index in [0.29, 0.717) is 13.1 Å². The smallest absolute Gasteiger partial charge is 0.258 e. The van der Waals surface area contributed by atoms with Crippen molar-refractivity contribution in [3.63, 3.8) is 0 Å². The van der Waals surface area contributed by atoms with Crippen LogP contribution in [0.4, 0.5) is 0 Å². The van der Waals surface area contributed by atoms with Crippen LogP contribution in [0.3, 0.4) is 0 Å². The van der Waals surface area contributed by atoms with Gasteiger partial charge in [-0.15, -0.1) is 0 Å². The molecule has 0 fully saturated rings. The Labute approximate surface area is 189 Å². The number of nitrogens with one attached hydrogen (secondary N) is 1. The number of aryl methyl sites for hydroxylation is 4. The third-order valence-corrected chi connectivity index (χ3v) is 5.71. The molecule has 0 bridgehead atoms. The first-order valence-electron chi connectivity index (χ1n) is 10.9. The number of para-hydroxylation sites is 2. The monoisotopic (exact) mass is 427 g/mol. The van der Waals surface area contributed by atoms with Gasteiger partial charge in [-0.05, 0) is 68.1 Å². The van der Waals surface area contributed by atoms with Crippen molar-refractivity contribution in [1.29, 1.82) is 0 Å². The molecule has 164 valence electrons. The fourth-order valence-electron chi connectivity index (χ4n) is 3.81. The van der Waals surface area contributed by atoms with Crippen molar-refractivity contribution in [2.75, 3.05) is 6.61 Å². The summed E-state index contributed by atoms with van der Waals surface area (Å²) in [6.07, 6.45) is 0. The van der Waals surface area contributed by atoms with E-state index >= 15 is 0 Å². The van der Waals surface area contributed by atoms with E-state index in [0.717, 1.165) is 33.7 Å². The van der Waals surface area contributed by atoms with E-state index in [9.17, 15) is 4.79 Å². The Balaban J connectivity index is 1.50. The number of benzene rings is 3. The van der Waals surface area contributed by atoms with Crippen LogP contribution in [0.1, 0.15) is 33.6 Å². The molecule has 0 unspecified atom stereocenters. The van der Waals surface area contributed by atoms with Gasteiger partial charge >= 0.3 is 0 Å². The highest BCUT2D eigenvalue weighted by atomic mass is 16.5. The zero-order valence-electron chi connectivity index (χ0n) is 19.1. The summed E-state index contributed by atoms with van der Waals surface area (Å²) in [5.41, 5.74) is 7.82. The maximum absolute atomic E-state index is 12.5. The number of carbonyl (C=O) groups excluding carboxylic acids is 1. The normalized spacial score (nSPS) is 11.0. The van der Waals surface area contributed by atoms with Crippen LogP contribution in [0.2, 0.25) is 0 Å². The fraction of sp³-hybridized carbons (Fsp3) is 0.259. The SMILES string of the molecule is Cc1ccc(C)c(Cn2c(CNC(=O)COc3cc(C)ccc3C)nc3ccccc32)c1. The van der Waals surface area contributed by atoms with E-state index < -0.39 is 0 Å². The number of hydrogen-bond donors (Lipinski definition) is 1. The molecule has 4 aromatic rings. The maximum atomic E-state index is 12.5. The Morgan fingerprint density at radius 1 is 0.938 bits per heavy atom. The van der Waals surface area contributed by atoms with Crippen molar-refractivity contribution in [2.45, 2.75) is 40.8 Å². The van der Waals surface area contributed by atoms with Gasteiger partial charge in [-0.2, -0.15) is 0 Å². The lowest BCUT2D eigenvalue weighted by molar-refractivity contribution is -0.123. The third-order valence-electron chi connectivity index (χ3n) is 5.71. The van der Waals surface area contributed by atoms with Gasteiger partial charge < -0.3 is 14.6 Å². The molecule has 0 aliphatic carbocycles. The van der Waals surface area contributed by atoms with Crippen molar-refractivity contribution >= 4 is 16.9 Å². The molecule has 1 heterocycles. The number of aromatic nitrogens is 2. The van der Waals surface area contributed by atoms with E-state index in [2.05, 4.69) is 48.0 Å². The van der Waals surface area contributed by atoms with Crippen LogP contribution in [0, 0.1) is 27.7 Å². The summed E-state index contributed by atoms with van der Waals surface area (Å²) in [7, 11) is 0. The van der Waals surface area contributed by atoms with Gasteiger partial charge in [-0.1, -0.05) is 48.0 Å². The van der Waals surface area contributed by atoms with Gasteiger partial charge in [0.05, 0.1) is 17.6 Å². The highest BCUT2D eigenvalue weighted by Crippen LogP contribution is 2.21. The molecule has 5 nitrogen and oxygen atoms in total. The average Bonchev–Trinajstić information content (AvgIpc) is 3.13. The van der Waals surface area contributed by atoms with Crippen LogP contribution in [0.25, 0.3) is 11.0 Å². The highest BCUT2D eigenvalue weighted by Gasteiger charge is 2.13. The van der Waals surface area contributed by atoms with E-state index in [-0.39, 0.29) is 12.5 Å². The minimum Gasteiger partial charge on any atom is -0.483 e. The summed E-state index contributed by atoms with van der Waals surface area (Å²) < 4.78 is 7.93. The number of ether oxygens (including phenoxy) is 1. The predicted molar refractivity (Wildman–Crippen MR) is 128 cm³/mol. The Morgan fingerprint density at radius 3 is 2.47 bits per heavy atom. The molecule has 32 heavy (non-hydrogen) atoms. The Hall–Kier alpha value is -3.60. The summed E-state index contributed by atoms with van der Waals surface area (Å²) in [5, 5.41) is 2.97. The Kier molecular flexibility index (Phi) is 6.26. The first-order valence-corrected chi connectivity index (χ1v) is 10.9. The molecular formula is C27H29N3O2. The van der Waals surface area contributed by atoms with Crippen molar-refractivity contribution in [3.8, 4) is 5.75 Å². The van der Waals surface area contributed by atoms with E-state index in [1.165, 1.54) is 16.7 Å². The van der Waals surface area contributed by atoms with Gasteiger partial charge in [0.2, 0.25) is 0 Å². The molecular weight excluding hydrogens is 398 g/mol. The molecule has 3 aromatic carbocycles. The number of imidazole rings is 1. The fourth-order valence-corrected chi connectivity index (χ4v) is 3.81. The highest BCUT2D eigenvalue weighted by molar-refractivity contribution is 5.78. The summed E-state index contributed by atoms with van der Waals surface area (Å²) in [6.45, 7) is 9.23. The lowest BCUT2D eigenvalue weighted by Gasteiger charge is -2.13. The van der Waals surface area contributed by atoms with Crippen LogP contribution in [0.5, 0.6) is 5.75 Å².